The van der Waals surface area contributed by atoms with Gasteiger partial charge in [0.2, 0.25) is 0 Å². The van der Waals surface area contributed by atoms with Crippen LogP contribution in [0.2, 0.25) is 0 Å². The zero-order chi connectivity index (χ0) is 9.03. The summed E-state index contributed by atoms with van der Waals surface area (Å²) in [6.07, 6.45) is 3.81. The van der Waals surface area contributed by atoms with Crippen LogP contribution in [-0.4, -0.2) is 18.2 Å². The van der Waals surface area contributed by atoms with Gasteiger partial charge in [0, 0.05) is 13.1 Å². The molecular formula is C9H18N2S. The van der Waals surface area contributed by atoms with Crippen LogP contribution >= 0.6 is 12.2 Å². The highest BCUT2D eigenvalue weighted by molar-refractivity contribution is 7.80. The van der Waals surface area contributed by atoms with Gasteiger partial charge in [-0.05, 0) is 36.9 Å². The lowest BCUT2D eigenvalue weighted by Gasteiger charge is -2.12. The van der Waals surface area contributed by atoms with Crippen LogP contribution in [0.4, 0.5) is 0 Å². The highest BCUT2D eigenvalue weighted by Crippen LogP contribution is 2.43. The van der Waals surface area contributed by atoms with E-state index in [-0.39, 0.29) is 0 Å². The van der Waals surface area contributed by atoms with Crippen molar-refractivity contribution in [3.05, 3.63) is 0 Å². The van der Waals surface area contributed by atoms with Gasteiger partial charge in [-0.25, -0.2) is 0 Å². The summed E-state index contributed by atoms with van der Waals surface area (Å²) >= 11 is 5.09. The van der Waals surface area contributed by atoms with Crippen molar-refractivity contribution in [3.8, 4) is 0 Å². The van der Waals surface area contributed by atoms with Gasteiger partial charge in [-0.1, -0.05) is 13.8 Å². The van der Waals surface area contributed by atoms with Crippen molar-refractivity contribution < 1.29 is 0 Å². The van der Waals surface area contributed by atoms with Gasteiger partial charge in [0.15, 0.2) is 5.11 Å². The zero-order valence-electron chi connectivity index (χ0n) is 7.94. The highest BCUT2D eigenvalue weighted by Gasteiger charge is 2.36. The van der Waals surface area contributed by atoms with Gasteiger partial charge in [-0.3, -0.25) is 0 Å². The van der Waals surface area contributed by atoms with E-state index in [1.165, 1.54) is 12.8 Å². The Kier molecular flexibility index (Phi) is 3.32. The second kappa shape index (κ2) is 4.08. The first-order valence-electron chi connectivity index (χ1n) is 4.68. The average Bonchev–Trinajstić information content (AvgIpc) is 2.77. The van der Waals surface area contributed by atoms with Crippen molar-refractivity contribution >= 4 is 17.3 Å². The molecule has 0 atom stereocenters. The van der Waals surface area contributed by atoms with Crippen molar-refractivity contribution in [2.45, 2.75) is 33.1 Å². The predicted molar refractivity (Wildman–Crippen MR) is 56.2 cm³/mol. The molecule has 0 spiro atoms. The summed E-state index contributed by atoms with van der Waals surface area (Å²) in [5.74, 6) is 0. The van der Waals surface area contributed by atoms with E-state index < -0.39 is 0 Å². The molecule has 0 amide bonds. The molecule has 1 fully saturated rings. The molecule has 0 radical (unpaired) electrons. The van der Waals surface area contributed by atoms with Gasteiger partial charge in [-0.2, -0.15) is 0 Å². The maximum atomic E-state index is 5.09. The molecule has 1 rings (SSSR count). The molecule has 0 saturated heterocycles. The molecule has 0 aromatic heterocycles. The second-order valence-corrected chi connectivity index (χ2v) is 4.33. The third-order valence-electron chi connectivity index (χ3n) is 2.31. The maximum absolute atomic E-state index is 5.09. The Bertz CT molecular complexity index is 164. The van der Waals surface area contributed by atoms with E-state index >= 15 is 0 Å². The van der Waals surface area contributed by atoms with E-state index in [4.69, 9.17) is 12.2 Å². The number of hydrogen-bond donors (Lipinski definition) is 2. The Morgan fingerprint density at radius 3 is 2.58 bits per heavy atom. The van der Waals surface area contributed by atoms with Gasteiger partial charge < -0.3 is 10.6 Å². The number of rotatable bonds is 4. The van der Waals surface area contributed by atoms with Crippen molar-refractivity contribution in [2.75, 3.05) is 13.1 Å². The Balaban J connectivity index is 2.02. The fraction of sp³-hybridized carbons (Fsp3) is 0.889. The van der Waals surface area contributed by atoms with Gasteiger partial charge in [-0.15, -0.1) is 0 Å². The van der Waals surface area contributed by atoms with E-state index in [0.29, 0.717) is 5.41 Å². The molecule has 0 heterocycles. The fourth-order valence-electron chi connectivity index (χ4n) is 0.985. The number of nitrogens with one attached hydrogen (secondary N) is 2. The van der Waals surface area contributed by atoms with Gasteiger partial charge in [0.1, 0.15) is 0 Å². The third kappa shape index (κ3) is 3.39. The summed E-state index contributed by atoms with van der Waals surface area (Å²) < 4.78 is 0. The van der Waals surface area contributed by atoms with Crippen molar-refractivity contribution in [2.24, 2.45) is 5.41 Å². The molecule has 0 aromatic rings. The molecule has 1 saturated carbocycles. The molecule has 2 nitrogen and oxygen atoms in total. The summed E-state index contributed by atoms with van der Waals surface area (Å²) in [6, 6.07) is 0. The predicted octanol–water partition coefficient (Wildman–Crippen LogP) is 1.66. The van der Waals surface area contributed by atoms with Crippen LogP contribution in [0, 0.1) is 5.41 Å². The number of hydrogen-bond acceptors (Lipinski definition) is 1. The SMILES string of the molecule is CCCNC(=S)NCC1(C)CC1. The summed E-state index contributed by atoms with van der Waals surface area (Å²) in [4.78, 5) is 0. The van der Waals surface area contributed by atoms with Crippen LogP contribution in [0.5, 0.6) is 0 Å². The first kappa shape index (κ1) is 9.78. The van der Waals surface area contributed by atoms with Crippen LogP contribution < -0.4 is 10.6 Å². The highest BCUT2D eigenvalue weighted by atomic mass is 32.1. The minimum Gasteiger partial charge on any atom is -0.363 e. The van der Waals surface area contributed by atoms with E-state index in [9.17, 15) is 0 Å². The van der Waals surface area contributed by atoms with Crippen LogP contribution in [0.25, 0.3) is 0 Å². The first-order valence-corrected chi connectivity index (χ1v) is 5.09. The molecule has 0 unspecified atom stereocenters. The standard InChI is InChI=1S/C9H18N2S/c1-3-6-10-8(12)11-7-9(2)4-5-9/h3-7H2,1-2H3,(H2,10,11,12). The van der Waals surface area contributed by atoms with Crippen molar-refractivity contribution in [1.29, 1.82) is 0 Å². The Hall–Kier alpha value is -0.310. The van der Waals surface area contributed by atoms with E-state index in [0.717, 1.165) is 24.6 Å². The first-order chi connectivity index (χ1) is 5.66. The second-order valence-electron chi connectivity index (χ2n) is 3.92. The largest absolute Gasteiger partial charge is 0.363 e. The minimum absolute atomic E-state index is 0.540. The molecule has 1 aliphatic rings. The Morgan fingerprint density at radius 1 is 1.42 bits per heavy atom. The molecule has 2 N–H and O–H groups in total. The van der Waals surface area contributed by atoms with Crippen LogP contribution in [0.1, 0.15) is 33.1 Å². The van der Waals surface area contributed by atoms with E-state index in [1.54, 1.807) is 0 Å². The molecule has 3 heteroatoms. The van der Waals surface area contributed by atoms with Crippen LogP contribution in [-0.2, 0) is 0 Å². The molecule has 0 bridgehead atoms. The van der Waals surface area contributed by atoms with Crippen LogP contribution in [0.15, 0.2) is 0 Å². The van der Waals surface area contributed by atoms with Crippen molar-refractivity contribution in [3.63, 3.8) is 0 Å². The third-order valence-corrected chi connectivity index (χ3v) is 2.60. The lowest BCUT2D eigenvalue weighted by molar-refractivity contribution is 0.552. The van der Waals surface area contributed by atoms with E-state index in [1.807, 2.05) is 0 Å². The maximum Gasteiger partial charge on any atom is 0.166 e. The molecule has 0 aromatic carbocycles. The lowest BCUT2D eigenvalue weighted by atomic mass is 10.1. The Labute approximate surface area is 80.1 Å². The molecule has 70 valence electrons. The zero-order valence-corrected chi connectivity index (χ0v) is 8.76. The average molecular weight is 186 g/mol. The number of thiocarbonyl (C=S) groups is 1. The van der Waals surface area contributed by atoms with Crippen molar-refractivity contribution in [1.82, 2.24) is 10.6 Å². The van der Waals surface area contributed by atoms with Gasteiger partial charge >= 0.3 is 0 Å². The summed E-state index contributed by atoms with van der Waals surface area (Å²) in [5, 5.41) is 7.20. The molecule has 1 aliphatic carbocycles. The fourth-order valence-corrected chi connectivity index (χ4v) is 1.16. The molecular weight excluding hydrogens is 168 g/mol. The minimum atomic E-state index is 0.540. The summed E-state index contributed by atoms with van der Waals surface area (Å²) in [7, 11) is 0. The van der Waals surface area contributed by atoms with Gasteiger partial charge in [0.25, 0.3) is 0 Å². The van der Waals surface area contributed by atoms with E-state index in [2.05, 4.69) is 24.5 Å². The topological polar surface area (TPSA) is 24.1 Å². The molecule has 12 heavy (non-hydrogen) atoms. The quantitative estimate of drug-likeness (QED) is 0.653. The lowest BCUT2D eigenvalue weighted by Crippen LogP contribution is -2.38. The van der Waals surface area contributed by atoms with Crippen LogP contribution in [0.3, 0.4) is 0 Å². The Morgan fingerprint density at radius 2 is 2.08 bits per heavy atom. The smallest absolute Gasteiger partial charge is 0.166 e. The van der Waals surface area contributed by atoms with Gasteiger partial charge in [0.05, 0.1) is 0 Å². The summed E-state index contributed by atoms with van der Waals surface area (Å²) in [6.45, 7) is 6.44. The molecule has 0 aliphatic heterocycles. The summed E-state index contributed by atoms with van der Waals surface area (Å²) in [5.41, 5.74) is 0.540. The normalized spacial score (nSPS) is 18.5. The monoisotopic (exact) mass is 186 g/mol.